The fraction of sp³-hybridized carbons (Fsp3) is 0.667. The molecule has 1 aromatic carbocycles. The Labute approximate surface area is 183 Å². The Bertz CT molecular complexity index is 672. The molecule has 0 saturated carbocycles. The van der Waals surface area contributed by atoms with Crippen molar-refractivity contribution in [3.8, 4) is 0 Å². The fourth-order valence-corrected chi connectivity index (χ4v) is 4.41. The molecule has 2 N–H and O–H groups in total. The highest BCUT2D eigenvalue weighted by Crippen LogP contribution is 2.38. The number of aliphatic hydroxyl groups excluding tert-OH is 1. The van der Waals surface area contributed by atoms with E-state index in [0.717, 1.165) is 0 Å². The van der Waals surface area contributed by atoms with Crippen molar-refractivity contribution in [2.24, 2.45) is 0 Å². The number of aliphatic hydroxyl groups is 1. The number of hydrogen-bond acceptors (Lipinski definition) is 5. The van der Waals surface area contributed by atoms with Gasteiger partial charge in [-0.1, -0.05) is 57.2 Å². The SMILES string of the molecule is C=CC[C@H](NCc1ccccc1)[C@@H]1OC(C)(C)O[C@H]1[C@H](O)CO[Si](C)(C)C(C)(C)C. The third-order valence-electron chi connectivity index (χ3n) is 6.19. The van der Waals surface area contributed by atoms with Crippen LogP contribution in [0.5, 0.6) is 0 Å². The van der Waals surface area contributed by atoms with Crippen LogP contribution in [0.25, 0.3) is 0 Å². The minimum Gasteiger partial charge on any atom is -0.414 e. The largest absolute Gasteiger partial charge is 0.414 e. The molecule has 0 spiro atoms. The number of rotatable bonds is 10. The van der Waals surface area contributed by atoms with Gasteiger partial charge in [-0.25, -0.2) is 0 Å². The highest BCUT2D eigenvalue weighted by atomic mass is 28.4. The predicted octanol–water partition coefficient (Wildman–Crippen LogP) is 4.62. The molecule has 0 aromatic heterocycles. The fourth-order valence-electron chi connectivity index (χ4n) is 3.39. The Morgan fingerprint density at radius 1 is 1.20 bits per heavy atom. The van der Waals surface area contributed by atoms with Crippen molar-refractivity contribution >= 4 is 8.32 Å². The van der Waals surface area contributed by atoms with Gasteiger partial charge in [0.25, 0.3) is 0 Å². The summed E-state index contributed by atoms with van der Waals surface area (Å²) in [5.41, 5.74) is 1.20. The summed E-state index contributed by atoms with van der Waals surface area (Å²) in [6.45, 7) is 19.6. The van der Waals surface area contributed by atoms with E-state index in [-0.39, 0.29) is 23.8 Å². The van der Waals surface area contributed by atoms with Crippen LogP contribution in [0.15, 0.2) is 43.0 Å². The summed E-state index contributed by atoms with van der Waals surface area (Å²) < 4.78 is 18.7. The van der Waals surface area contributed by atoms with Crippen LogP contribution < -0.4 is 5.32 Å². The van der Waals surface area contributed by atoms with Gasteiger partial charge in [0.2, 0.25) is 0 Å². The lowest BCUT2D eigenvalue weighted by molar-refractivity contribution is -0.158. The van der Waals surface area contributed by atoms with Crippen molar-refractivity contribution in [3.05, 3.63) is 48.6 Å². The molecule has 5 nitrogen and oxygen atoms in total. The zero-order valence-electron chi connectivity index (χ0n) is 19.8. The molecular weight excluding hydrogens is 394 g/mol. The molecule has 0 radical (unpaired) electrons. The lowest BCUT2D eigenvalue weighted by Gasteiger charge is -2.37. The summed E-state index contributed by atoms with van der Waals surface area (Å²) >= 11 is 0. The van der Waals surface area contributed by atoms with Crippen LogP contribution in [0.1, 0.15) is 46.6 Å². The first-order chi connectivity index (χ1) is 13.9. The average Bonchev–Trinajstić information content (AvgIpc) is 2.98. The molecule has 1 aliphatic heterocycles. The van der Waals surface area contributed by atoms with E-state index in [1.165, 1.54) is 5.56 Å². The first-order valence-electron chi connectivity index (χ1n) is 10.9. The maximum atomic E-state index is 11.0. The summed E-state index contributed by atoms with van der Waals surface area (Å²) in [5.74, 6) is -0.763. The van der Waals surface area contributed by atoms with Gasteiger partial charge in [-0.15, -0.1) is 6.58 Å². The molecule has 30 heavy (non-hydrogen) atoms. The number of ether oxygens (including phenoxy) is 2. The number of nitrogens with one attached hydrogen (secondary N) is 1. The lowest BCUT2D eigenvalue weighted by Crippen LogP contribution is -2.51. The Hall–Kier alpha value is -1.02. The van der Waals surface area contributed by atoms with Gasteiger partial charge >= 0.3 is 0 Å². The molecule has 4 atom stereocenters. The normalized spacial score (nSPS) is 23.9. The van der Waals surface area contributed by atoms with Crippen molar-refractivity contribution in [2.75, 3.05) is 6.61 Å². The standard InChI is InChI=1S/C24H41NO4Si/c1-9-13-19(25-16-18-14-11-10-12-15-18)21-22(29-24(5,6)28-21)20(26)17-27-30(7,8)23(2,3)4/h9-12,14-15,19-22,25-26H,1,13,16-17H2,2-8H3/t19-,20+,21-,22-/m0/s1. The number of benzene rings is 1. The van der Waals surface area contributed by atoms with Crippen LogP contribution in [-0.2, 0) is 20.4 Å². The molecule has 6 heteroatoms. The summed E-state index contributed by atoms with van der Waals surface area (Å²) in [6, 6.07) is 10.2. The Morgan fingerprint density at radius 2 is 1.80 bits per heavy atom. The van der Waals surface area contributed by atoms with Gasteiger partial charge in [0.05, 0.1) is 6.61 Å². The van der Waals surface area contributed by atoms with Crippen molar-refractivity contribution in [1.29, 1.82) is 0 Å². The Balaban J connectivity index is 2.10. The van der Waals surface area contributed by atoms with Gasteiger partial charge < -0.3 is 24.3 Å². The van der Waals surface area contributed by atoms with Crippen LogP contribution >= 0.6 is 0 Å². The second-order valence-electron chi connectivity index (χ2n) is 10.2. The molecule has 1 heterocycles. The zero-order chi connectivity index (χ0) is 22.6. The molecule has 1 aliphatic rings. The second kappa shape index (κ2) is 10.1. The van der Waals surface area contributed by atoms with Crippen LogP contribution in [0.2, 0.25) is 18.1 Å². The smallest absolute Gasteiger partial charge is 0.192 e. The van der Waals surface area contributed by atoms with Crippen LogP contribution in [0, 0.1) is 0 Å². The van der Waals surface area contributed by atoms with E-state index >= 15 is 0 Å². The molecule has 1 fully saturated rings. The maximum Gasteiger partial charge on any atom is 0.192 e. The number of hydrogen-bond donors (Lipinski definition) is 2. The molecule has 0 bridgehead atoms. The average molecular weight is 436 g/mol. The summed E-state index contributed by atoms with van der Waals surface area (Å²) in [7, 11) is -1.97. The molecule has 0 aliphatic carbocycles. The Morgan fingerprint density at radius 3 is 2.37 bits per heavy atom. The molecule has 0 amide bonds. The molecular formula is C24H41NO4Si. The van der Waals surface area contributed by atoms with Gasteiger partial charge in [-0.2, -0.15) is 0 Å². The highest BCUT2D eigenvalue weighted by Gasteiger charge is 2.48. The van der Waals surface area contributed by atoms with E-state index in [0.29, 0.717) is 13.0 Å². The monoisotopic (exact) mass is 435 g/mol. The lowest BCUT2D eigenvalue weighted by atomic mass is 9.98. The highest BCUT2D eigenvalue weighted by molar-refractivity contribution is 6.74. The second-order valence-corrected chi connectivity index (χ2v) is 15.0. The van der Waals surface area contributed by atoms with Gasteiger partial charge in [0.1, 0.15) is 18.3 Å². The summed E-state index contributed by atoms with van der Waals surface area (Å²) in [5, 5.41) is 14.7. The summed E-state index contributed by atoms with van der Waals surface area (Å²) in [4.78, 5) is 0. The van der Waals surface area contributed by atoms with E-state index < -0.39 is 26.3 Å². The molecule has 1 saturated heterocycles. The molecule has 1 aromatic rings. The van der Waals surface area contributed by atoms with Gasteiger partial charge in [0, 0.05) is 12.6 Å². The predicted molar refractivity (Wildman–Crippen MR) is 125 cm³/mol. The van der Waals surface area contributed by atoms with Crippen molar-refractivity contribution in [3.63, 3.8) is 0 Å². The minimum atomic E-state index is -1.97. The molecule has 170 valence electrons. The van der Waals surface area contributed by atoms with E-state index in [9.17, 15) is 5.11 Å². The first kappa shape index (κ1) is 25.2. The van der Waals surface area contributed by atoms with Crippen molar-refractivity contribution in [1.82, 2.24) is 5.32 Å². The van der Waals surface area contributed by atoms with E-state index in [2.05, 4.69) is 57.9 Å². The van der Waals surface area contributed by atoms with Gasteiger partial charge in [0.15, 0.2) is 14.1 Å². The minimum absolute atomic E-state index is 0.0306. The third-order valence-corrected chi connectivity index (χ3v) is 10.7. The van der Waals surface area contributed by atoms with Crippen molar-refractivity contribution in [2.45, 2.75) is 95.9 Å². The quantitative estimate of drug-likeness (QED) is 0.415. The zero-order valence-corrected chi connectivity index (χ0v) is 20.8. The van der Waals surface area contributed by atoms with Gasteiger partial charge in [-0.3, -0.25) is 0 Å². The topological polar surface area (TPSA) is 60.0 Å². The van der Waals surface area contributed by atoms with Crippen LogP contribution in [-0.4, -0.2) is 50.2 Å². The summed E-state index contributed by atoms with van der Waals surface area (Å²) in [6.07, 6.45) is 1.05. The van der Waals surface area contributed by atoms with E-state index in [4.69, 9.17) is 13.9 Å². The van der Waals surface area contributed by atoms with Crippen LogP contribution in [0.4, 0.5) is 0 Å². The Kier molecular flexibility index (Phi) is 8.47. The van der Waals surface area contributed by atoms with Gasteiger partial charge in [-0.05, 0) is 44.0 Å². The van der Waals surface area contributed by atoms with Crippen molar-refractivity contribution < 1.29 is 19.0 Å². The van der Waals surface area contributed by atoms with E-state index in [1.807, 2.05) is 38.1 Å². The molecule has 0 unspecified atom stereocenters. The van der Waals surface area contributed by atoms with Crippen LogP contribution in [0.3, 0.4) is 0 Å². The molecule has 2 rings (SSSR count). The first-order valence-corrected chi connectivity index (χ1v) is 13.8. The third kappa shape index (κ3) is 6.74. The van der Waals surface area contributed by atoms with E-state index in [1.54, 1.807) is 0 Å². The maximum absolute atomic E-state index is 11.0.